The number of benzene rings is 2. The SMILES string of the molecule is CC(=O)Nc1ccc([C@@H]2SCC(=O)N2c2cccc(C)c2)cc1. The van der Waals surface area contributed by atoms with Crippen molar-refractivity contribution in [1.82, 2.24) is 0 Å². The average Bonchev–Trinajstić information content (AvgIpc) is 2.89. The molecular weight excluding hydrogens is 308 g/mol. The van der Waals surface area contributed by atoms with Gasteiger partial charge in [0.25, 0.3) is 0 Å². The van der Waals surface area contributed by atoms with Crippen LogP contribution in [-0.4, -0.2) is 17.6 Å². The van der Waals surface area contributed by atoms with E-state index < -0.39 is 0 Å². The van der Waals surface area contributed by atoms with Gasteiger partial charge in [0, 0.05) is 18.3 Å². The standard InChI is InChI=1S/C18H18N2O2S/c1-12-4-3-5-16(10-12)20-17(22)11-23-18(20)14-6-8-15(9-7-14)19-13(2)21/h3-10,18H,11H2,1-2H3,(H,19,21)/t18-/m0/s1. The molecule has 0 bridgehead atoms. The van der Waals surface area contributed by atoms with Crippen LogP contribution in [0.2, 0.25) is 0 Å². The first-order chi connectivity index (χ1) is 11.0. The van der Waals surface area contributed by atoms with Crippen LogP contribution in [0.25, 0.3) is 0 Å². The molecule has 1 saturated heterocycles. The fourth-order valence-electron chi connectivity index (χ4n) is 2.66. The zero-order valence-corrected chi connectivity index (χ0v) is 13.9. The molecule has 1 aliphatic rings. The second-order valence-corrected chi connectivity index (χ2v) is 6.64. The van der Waals surface area contributed by atoms with Gasteiger partial charge in [-0.2, -0.15) is 0 Å². The maximum Gasteiger partial charge on any atom is 0.238 e. The van der Waals surface area contributed by atoms with Gasteiger partial charge < -0.3 is 5.32 Å². The van der Waals surface area contributed by atoms with Crippen molar-refractivity contribution < 1.29 is 9.59 Å². The summed E-state index contributed by atoms with van der Waals surface area (Å²) in [7, 11) is 0. The Morgan fingerprint density at radius 1 is 1.22 bits per heavy atom. The highest BCUT2D eigenvalue weighted by Gasteiger charge is 2.33. The first kappa shape index (κ1) is 15.6. The number of nitrogens with zero attached hydrogens (tertiary/aromatic N) is 1. The summed E-state index contributed by atoms with van der Waals surface area (Å²) < 4.78 is 0. The molecule has 0 aromatic heterocycles. The normalized spacial score (nSPS) is 17.4. The lowest BCUT2D eigenvalue weighted by atomic mass is 10.1. The highest BCUT2D eigenvalue weighted by atomic mass is 32.2. The van der Waals surface area contributed by atoms with E-state index in [4.69, 9.17) is 0 Å². The van der Waals surface area contributed by atoms with Gasteiger partial charge in [-0.1, -0.05) is 24.3 Å². The minimum absolute atomic E-state index is 0.0318. The number of aryl methyl sites for hydroxylation is 1. The van der Waals surface area contributed by atoms with Gasteiger partial charge in [0.15, 0.2) is 0 Å². The number of nitrogens with one attached hydrogen (secondary N) is 1. The fraction of sp³-hybridized carbons (Fsp3) is 0.222. The Balaban J connectivity index is 1.88. The van der Waals surface area contributed by atoms with E-state index in [0.29, 0.717) is 5.75 Å². The summed E-state index contributed by atoms with van der Waals surface area (Å²) in [5.74, 6) is 0.507. The highest BCUT2D eigenvalue weighted by molar-refractivity contribution is 8.00. The van der Waals surface area contributed by atoms with Crippen LogP contribution >= 0.6 is 11.8 Å². The molecular formula is C18H18N2O2S. The van der Waals surface area contributed by atoms with Crippen LogP contribution in [0.1, 0.15) is 23.4 Å². The lowest BCUT2D eigenvalue weighted by molar-refractivity contribution is -0.116. The Morgan fingerprint density at radius 3 is 2.61 bits per heavy atom. The molecule has 2 aromatic carbocycles. The first-order valence-corrected chi connectivity index (χ1v) is 8.47. The third-order valence-corrected chi connectivity index (χ3v) is 4.88. The molecule has 1 aliphatic heterocycles. The average molecular weight is 326 g/mol. The summed E-state index contributed by atoms with van der Waals surface area (Å²) in [6.45, 7) is 3.51. The molecule has 1 heterocycles. The largest absolute Gasteiger partial charge is 0.326 e. The number of anilines is 2. The van der Waals surface area contributed by atoms with Crippen LogP contribution in [0, 0.1) is 6.92 Å². The predicted molar refractivity (Wildman–Crippen MR) is 94.6 cm³/mol. The maximum atomic E-state index is 12.3. The molecule has 3 rings (SSSR count). The van der Waals surface area contributed by atoms with E-state index in [-0.39, 0.29) is 17.2 Å². The third kappa shape index (κ3) is 3.40. The van der Waals surface area contributed by atoms with E-state index in [0.717, 1.165) is 22.5 Å². The van der Waals surface area contributed by atoms with Crippen LogP contribution in [0.5, 0.6) is 0 Å². The molecule has 0 aliphatic carbocycles. The molecule has 0 saturated carbocycles. The molecule has 23 heavy (non-hydrogen) atoms. The van der Waals surface area contributed by atoms with Crippen molar-refractivity contribution in [3.8, 4) is 0 Å². The molecule has 0 unspecified atom stereocenters. The van der Waals surface area contributed by atoms with E-state index in [1.807, 2.05) is 60.4 Å². The van der Waals surface area contributed by atoms with Crippen LogP contribution in [-0.2, 0) is 9.59 Å². The minimum Gasteiger partial charge on any atom is -0.326 e. The number of hydrogen-bond acceptors (Lipinski definition) is 3. The summed E-state index contributed by atoms with van der Waals surface area (Å²) in [5, 5.41) is 2.72. The number of carbonyl (C=O) groups excluding carboxylic acids is 2. The van der Waals surface area contributed by atoms with Crippen LogP contribution in [0.3, 0.4) is 0 Å². The Hall–Kier alpha value is -2.27. The lowest BCUT2D eigenvalue weighted by Crippen LogP contribution is -2.27. The second kappa shape index (κ2) is 6.46. The number of hydrogen-bond donors (Lipinski definition) is 1. The van der Waals surface area contributed by atoms with E-state index in [2.05, 4.69) is 5.32 Å². The lowest BCUT2D eigenvalue weighted by Gasteiger charge is -2.24. The van der Waals surface area contributed by atoms with Crippen molar-refractivity contribution in [3.05, 3.63) is 59.7 Å². The van der Waals surface area contributed by atoms with Crippen molar-refractivity contribution in [2.45, 2.75) is 19.2 Å². The Morgan fingerprint density at radius 2 is 1.96 bits per heavy atom. The molecule has 1 fully saturated rings. The zero-order valence-electron chi connectivity index (χ0n) is 13.1. The fourth-order valence-corrected chi connectivity index (χ4v) is 3.84. The van der Waals surface area contributed by atoms with Crippen molar-refractivity contribution in [2.75, 3.05) is 16.0 Å². The van der Waals surface area contributed by atoms with Crippen LogP contribution in [0.15, 0.2) is 48.5 Å². The van der Waals surface area contributed by atoms with Gasteiger partial charge in [0.2, 0.25) is 11.8 Å². The van der Waals surface area contributed by atoms with Crippen LogP contribution in [0.4, 0.5) is 11.4 Å². The Kier molecular flexibility index (Phi) is 4.39. The van der Waals surface area contributed by atoms with Crippen molar-refractivity contribution in [2.24, 2.45) is 0 Å². The first-order valence-electron chi connectivity index (χ1n) is 7.42. The summed E-state index contributed by atoms with van der Waals surface area (Å²) >= 11 is 1.62. The molecule has 0 radical (unpaired) electrons. The summed E-state index contributed by atoms with van der Waals surface area (Å²) in [6.07, 6.45) is 0. The van der Waals surface area contributed by atoms with E-state index in [9.17, 15) is 9.59 Å². The van der Waals surface area contributed by atoms with Gasteiger partial charge in [-0.25, -0.2) is 0 Å². The van der Waals surface area contributed by atoms with Gasteiger partial charge in [-0.05, 0) is 42.3 Å². The molecule has 118 valence electrons. The van der Waals surface area contributed by atoms with Crippen molar-refractivity contribution in [3.63, 3.8) is 0 Å². The Labute approximate surface area is 139 Å². The van der Waals surface area contributed by atoms with E-state index in [1.54, 1.807) is 11.8 Å². The van der Waals surface area contributed by atoms with Gasteiger partial charge in [0.1, 0.15) is 5.37 Å². The maximum absolute atomic E-state index is 12.3. The van der Waals surface area contributed by atoms with Gasteiger partial charge in [0.05, 0.1) is 5.75 Å². The minimum atomic E-state index is -0.0930. The Bertz CT molecular complexity index is 743. The highest BCUT2D eigenvalue weighted by Crippen LogP contribution is 2.42. The molecule has 5 heteroatoms. The zero-order chi connectivity index (χ0) is 16.4. The van der Waals surface area contributed by atoms with Gasteiger partial charge >= 0.3 is 0 Å². The molecule has 2 amide bonds. The smallest absolute Gasteiger partial charge is 0.238 e. The number of carbonyl (C=O) groups is 2. The van der Waals surface area contributed by atoms with E-state index in [1.165, 1.54) is 6.92 Å². The van der Waals surface area contributed by atoms with Gasteiger partial charge in [-0.3, -0.25) is 14.5 Å². The number of amides is 2. The predicted octanol–water partition coefficient (Wildman–Crippen LogP) is 3.73. The van der Waals surface area contributed by atoms with Crippen LogP contribution < -0.4 is 10.2 Å². The molecule has 2 aromatic rings. The van der Waals surface area contributed by atoms with Gasteiger partial charge in [-0.15, -0.1) is 11.8 Å². The number of thioether (sulfide) groups is 1. The summed E-state index contributed by atoms with van der Waals surface area (Å²) in [5.41, 5.74) is 3.87. The molecule has 1 atom stereocenters. The molecule has 4 nitrogen and oxygen atoms in total. The van der Waals surface area contributed by atoms with Crippen molar-refractivity contribution >= 4 is 35.0 Å². The van der Waals surface area contributed by atoms with Crippen molar-refractivity contribution in [1.29, 1.82) is 0 Å². The second-order valence-electron chi connectivity index (χ2n) is 5.57. The third-order valence-electron chi connectivity index (χ3n) is 3.66. The topological polar surface area (TPSA) is 49.4 Å². The molecule has 0 spiro atoms. The summed E-state index contributed by atoms with van der Waals surface area (Å²) in [4.78, 5) is 25.3. The number of rotatable bonds is 3. The quantitative estimate of drug-likeness (QED) is 0.935. The van der Waals surface area contributed by atoms with E-state index >= 15 is 0 Å². The summed E-state index contributed by atoms with van der Waals surface area (Å²) in [6, 6.07) is 15.7. The monoisotopic (exact) mass is 326 g/mol. The molecule has 1 N–H and O–H groups in total.